The molecule has 1 aromatic carbocycles. The average molecular weight is 293 g/mol. The van der Waals surface area contributed by atoms with Crippen molar-refractivity contribution in [2.45, 2.75) is 19.4 Å². The molecule has 3 amide bonds. The van der Waals surface area contributed by atoms with Gasteiger partial charge in [-0.15, -0.1) is 0 Å². The van der Waals surface area contributed by atoms with Gasteiger partial charge in [-0.1, -0.05) is 12.1 Å². The zero-order chi connectivity index (χ0) is 15.4. The van der Waals surface area contributed by atoms with Gasteiger partial charge in [0.05, 0.1) is 6.04 Å². The lowest BCUT2D eigenvalue weighted by molar-refractivity contribution is -0.127. The summed E-state index contributed by atoms with van der Waals surface area (Å²) in [6.07, 6.45) is 0.876. The largest absolute Gasteiger partial charge is 0.341 e. The van der Waals surface area contributed by atoms with Crippen molar-refractivity contribution < 1.29 is 14.0 Å². The topological polar surface area (TPSA) is 61.4 Å². The van der Waals surface area contributed by atoms with Gasteiger partial charge in [0.25, 0.3) is 0 Å². The van der Waals surface area contributed by atoms with Gasteiger partial charge in [0.15, 0.2) is 0 Å². The molecule has 0 spiro atoms. The van der Waals surface area contributed by atoms with Crippen LogP contribution in [0.4, 0.5) is 9.18 Å². The van der Waals surface area contributed by atoms with E-state index in [-0.39, 0.29) is 17.8 Å². The summed E-state index contributed by atoms with van der Waals surface area (Å²) in [5, 5.41) is 4.63. The molecule has 5 nitrogen and oxygen atoms in total. The summed E-state index contributed by atoms with van der Waals surface area (Å²) in [6, 6.07) is 5.69. The number of hydrogen-bond donors (Lipinski definition) is 2. The molecule has 0 aromatic heterocycles. The van der Waals surface area contributed by atoms with E-state index in [1.807, 2.05) is 4.90 Å². The molecular formula is C15H20FN3O2. The van der Waals surface area contributed by atoms with Crippen molar-refractivity contribution in [1.82, 2.24) is 15.5 Å². The maximum absolute atomic E-state index is 12.8. The zero-order valence-electron chi connectivity index (χ0n) is 12.2. The van der Waals surface area contributed by atoms with Crippen molar-refractivity contribution in [2.24, 2.45) is 5.92 Å². The monoisotopic (exact) mass is 293 g/mol. The molecule has 6 heteroatoms. The smallest absolute Gasteiger partial charge is 0.321 e. The van der Waals surface area contributed by atoms with Gasteiger partial charge in [0.2, 0.25) is 5.91 Å². The molecule has 1 fully saturated rings. The lowest BCUT2D eigenvalue weighted by Crippen LogP contribution is -2.57. The highest BCUT2D eigenvalue weighted by Gasteiger charge is 2.33. The van der Waals surface area contributed by atoms with Crippen LogP contribution in [0, 0.1) is 11.7 Å². The average Bonchev–Trinajstić information content (AvgIpc) is 2.43. The SMILES string of the molecule is CNC(=O)NC(=O)C(C)N1CC(Cc2ccc(F)cc2)C1. The van der Waals surface area contributed by atoms with Crippen molar-refractivity contribution in [3.63, 3.8) is 0 Å². The van der Waals surface area contributed by atoms with Crippen molar-refractivity contribution in [1.29, 1.82) is 0 Å². The van der Waals surface area contributed by atoms with Crippen LogP contribution in [0.3, 0.4) is 0 Å². The van der Waals surface area contributed by atoms with Gasteiger partial charge in [0, 0.05) is 20.1 Å². The Labute approximate surface area is 123 Å². The molecule has 0 saturated carbocycles. The van der Waals surface area contributed by atoms with E-state index < -0.39 is 6.03 Å². The normalized spacial score (nSPS) is 16.9. The number of hydrogen-bond acceptors (Lipinski definition) is 3. The summed E-state index contributed by atoms with van der Waals surface area (Å²) in [5.74, 6) is -0.0613. The highest BCUT2D eigenvalue weighted by Crippen LogP contribution is 2.22. The zero-order valence-corrected chi connectivity index (χ0v) is 12.2. The van der Waals surface area contributed by atoms with Crippen molar-refractivity contribution in [3.05, 3.63) is 35.6 Å². The molecule has 0 radical (unpaired) electrons. The summed E-state index contributed by atoms with van der Waals surface area (Å²) in [4.78, 5) is 24.9. The molecule has 1 aliphatic heterocycles. The second kappa shape index (κ2) is 6.67. The van der Waals surface area contributed by atoms with Crippen LogP contribution in [0.15, 0.2) is 24.3 Å². The Morgan fingerprint density at radius 3 is 2.52 bits per heavy atom. The third-order valence-corrected chi connectivity index (χ3v) is 3.81. The van der Waals surface area contributed by atoms with Crippen LogP contribution in [0.25, 0.3) is 0 Å². The number of halogens is 1. The van der Waals surface area contributed by atoms with Crippen LogP contribution in [0.2, 0.25) is 0 Å². The quantitative estimate of drug-likeness (QED) is 0.875. The maximum atomic E-state index is 12.8. The van der Waals surface area contributed by atoms with E-state index in [9.17, 15) is 14.0 Å². The van der Waals surface area contributed by atoms with Gasteiger partial charge in [-0.2, -0.15) is 0 Å². The van der Waals surface area contributed by atoms with E-state index in [2.05, 4.69) is 10.6 Å². The number of benzene rings is 1. The predicted molar refractivity (Wildman–Crippen MR) is 77.2 cm³/mol. The van der Waals surface area contributed by atoms with E-state index in [1.165, 1.54) is 19.2 Å². The first-order chi connectivity index (χ1) is 9.99. The van der Waals surface area contributed by atoms with Crippen LogP contribution >= 0.6 is 0 Å². The third-order valence-electron chi connectivity index (χ3n) is 3.81. The molecule has 2 N–H and O–H groups in total. The van der Waals surface area contributed by atoms with Gasteiger partial charge < -0.3 is 5.32 Å². The Morgan fingerprint density at radius 1 is 1.33 bits per heavy atom. The van der Waals surface area contributed by atoms with Crippen molar-refractivity contribution in [2.75, 3.05) is 20.1 Å². The number of urea groups is 1. The minimum absolute atomic E-state index is 0.228. The molecule has 1 saturated heterocycles. The fourth-order valence-electron chi connectivity index (χ4n) is 2.45. The number of nitrogens with one attached hydrogen (secondary N) is 2. The second-order valence-corrected chi connectivity index (χ2v) is 5.39. The summed E-state index contributed by atoms with van der Waals surface area (Å²) in [6.45, 7) is 3.39. The first-order valence-electron chi connectivity index (χ1n) is 7.00. The molecule has 1 aliphatic rings. The molecule has 1 heterocycles. The Kier molecular flexibility index (Phi) is 4.90. The first-order valence-corrected chi connectivity index (χ1v) is 7.00. The minimum atomic E-state index is -0.491. The van der Waals surface area contributed by atoms with Crippen LogP contribution in [-0.4, -0.2) is 43.0 Å². The van der Waals surface area contributed by atoms with Crippen LogP contribution < -0.4 is 10.6 Å². The molecular weight excluding hydrogens is 273 g/mol. The number of carbonyl (C=O) groups is 2. The molecule has 114 valence electrons. The Bertz CT molecular complexity index is 512. The summed E-state index contributed by atoms with van der Waals surface area (Å²) in [7, 11) is 1.47. The van der Waals surface area contributed by atoms with Gasteiger partial charge >= 0.3 is 6.03 Å². The summed E-state index contributed by atoms with van der Waals surface area (Å²) in [5.41, 5.74) is 1.10. The van der Waals surface area contributed by atoms with E-state index in [1.54, 1.807) is 19.1 Å². The second-order valence-electron chi connectivity index (χ2n) is 5.39. The molecule has 1 unspecified atom stereocenters. The predicted octanol–water partition coefficient (Wildman–Crippen LogP) is 1.14. The summed E-state index contributed by atoms with van der Waals surface area (Å²) < 4.78 is 12.8. The number of amides is 3. The molecule has 0 aliphatic carbocycles. The maximum Gasteiger partial charge on any atom is 0.321 e. The van der Waals surface area contributed by atoms with E-state index >= 15 is 0 Å². The highest BCUT2D eigenvalue weighted by atomic mass is 19.1. The van der Waals surface area contributed by atoms with Crippen molar-refractivity contribution in [3.8, 4) is 0 Å². The Balaban J connectivity index is 1.76. The fourth-order valence-corrected chi connectivity index (χ4v) is 2.45. The standard InChI is InChI=1S/C15H20FN3O2/c1-10(14(20)18-15(21)17-2)19-8-12(9-19)7-11-3-5-13(16)6-4-11/h3-6,10,12H,7-9H2,1-2H3,(H2,17,18,20,21). The lowest BCUT2D eigenvalue weighted by atomic mass is 9.91. The number of carbonyl (C=O) groups excluding carboxylic acids is 2. The van der Waals surface area contributed by atoms with Gasteiger partial charge in [-0.05, 0) is 37.0 Å². The van der Waals surface area contributed by atoms with E-state index in [4.69, 9.17) is 0 Å². The van der Waals surface area contributed by atoms with Crippen LogP contribution in [0.5, 0.6) is 0 Å². The third kappa shape index (κ3) is 4.01. The Hall–Kier alpha value is -1.95. The Morgan fingerprint density at radius 2 is 1.95 bits per heavy atom. The molecule has 0 bridgehead atoms. The van der Waals surface area contributed by atoms with Crippen LogP contribution in [-0.2, 0) is 11.2 Å². The first kappa shape index (κ1) is 15.4. The van der Waals surface area contributed by atoms with Crippen molar-refractivity contribution >= 4 is 11.9 Å². The highest BCUT2D eigenvalue weighted by molar-refractivity contribution is 5.96. The van der Waals surface area contributed by atoms with Gasteiger partial charge in [-0.25, -0.2) is 9.18 Å². The number of nitrogens with zero attached hydrogens (tertiary/aromatic N) is 1. The minimum Gasteiger partial charge on any atom is -0.341 e. The lowest BCUT2D eigenvalue weighted by Gasteiger charge is -2.42. The molecule has 1 atom stereocenters. The number of likely N-dealkylation sites (tertiary alicyclic amines) is 1. The van der Waals surface area contributed by atoms with E-state index in [0.717, 1.165) is 25.1 Å². The summed E-state index contributed by atoms with van der Waals surface area (Å²) >= 11 is 0. The fraction of sp³-hybridized carbons (Fsp3) is 0.467. The van der Waals surface area contributed by atoms with Gasteiger partial charge in [0.1, 0.15) is 5.82 Å². The molecule has 1 aromatic rings. The molecule has 2 rings (SSSR count). The van der Waals surface area contributed by atoms with Gasteiger partial charge in [-0.3, -0.25) is 15.0 Å². The van der Waals surface area contributed by atoms with Crippen LogP contribution in [0.1, 0.15) is 12.5 Å². The van der Waals surface area contributed by atoms with E-state index in [0.29, 0.717) is 5.92 Å². The number of rotatable bonds is 4. The molecule has 21 heavy (non-hydrogen) atoms. The number of imide groups is 1.